The summed E-state index contributed by atoms with van der Waals surface area (Å²) in [6.45, 7) is 5.77. The lowest BCUT2D eigenvalue weighted by Crippen LogP contribution is -2.40. The molecule has 1 aromatic rings. The Bertz CT molecular complexity index is 442. The Labute approximate surface area is 128 Å². The van der Waals surface area contributed by atoms with E-state index in [-0.39, 0.29) is 11.4 Å². The molecule has 116 valence electrons. The summed E-state index contributed by atoms with van der Waals surface area (Å²) in [5.41, 5.74) is 7.11. The lowest BCUT2D eigenvalue weighted by Gasteiger charge is -2.32. The fraction of sp³-hybridized carbons (Fsp3) is 0.611. The summed E-state index contributed by atoms with van der Waals surface area (Å²) >= 11 is 0. The molecular weight excluding hydrogens is 260 g/mol. The highest BCUT2D eigenvalue weighted by Gasteiger charge is 2.23. The number of hydrogen-bond donors (Lipinski definition) is 1. The summed E-state index contributed by atoms with van der Waals surface area (Å²) in [5, 5.41) is 0. The third-order valence-electron chi connectivity index (χ3n) is 4.32. The van der Waals surface area contributed by atoms with Crippen LogP contribution in [0.3, 0.4) is 0 Å². The van der Waals surface area contributed by atoms with Crippen molar-refractivity contribution in [2.24, 2.45) is 11.7 Å². The molecule has 21 heavy (non-hydrogen) atoms. The molecule has 2 rings (SSSR count). The third kappa shape index (κ3) is 5.50. The number of likely N-dealkylation sites (tertiary alicyclic amines) is 1. The van der Waals surface area contributed by atoms with Gasteiger partial charge in [-0.3, -0.25) is 4.79 Å². The summed E-state index contributed by atoms with van der Waals surface area (Å²) in [6, 6.07) is 10.6. The van der Waals surface area contributed by atoms with Gasteiger partial charge in [-0.15, -0.1) is 0 Å². The molecule has 0 saturated carbocycles. The van der Waals surface area contributed by atoms with Gasteiger partial charge in [0, 0.05) is 25.0 Å². The van der Waals surface area contributed by atoms with Crippen molar-refractivity contribution in [3.63, 3.8) is 0 Å². The number of carbonyl (C=O) groups is 1. The van der Waals surface area contributed by atoms with Crippen molar-refractivity contribution in [1.29, 1.82) is 0 Å². The van der Waals surface area contributed by atoms with Crippen LogP contribution in [0.15, 0.2) is 30.3 Å². The lowest BCUT2D eigenvalue weighted by molar-refractivity contribution is -0.132. The molecule has 1 aliphatic heterocycles. The average molecular weight is 288 g/mol. The van der Waals surface area contributed by atoms with E-state index in [1.54, 1.807) is 0 Å². The minimum absolute atomic E-state index is 0.249. The van der Waals surface area contributed by atoms with Crippen LogP contribution in [-0.4, -0.2) is 29.4 Å². The summed E-state index contributed by atoms with van der Waals surface area (Å²) in [5.74, 6) is 0.981. The Kier molecular flexibility index (Phi) is 5.40. The van der Waals surface area contributed by atoms with Crippen molar-refractivity contribution in [1.82, 2.24) is 4.90 Å². The van der Waals surface area contributed by atoms with Crippen molar-refractivity contribution in [3.8, 4) is 0 Å². The largest absolute Gasteiger partial charge is 0.343 e. The van der Waals surface area contributed by atoms with Gasteiger partial charge in [0.1, 0.15) is 0 Å². The Morgan fingerprint density at radius 1 is 1.24 bits per heavy atom. The predicted molar refractivity (Wildman–Crippen MR) is 87.0 cm³/mol. The summed E-state index contributed by atoms with van der Waals surface area (Å²) in [4.78, 5) is 14.2. The molecule has 0 aromatic heterocycles. The quantitative estimate of drug-likeness (QED) is 0.905. The molecule has 0 spiro atoms. The summed E-state index contributed by atoms with van der Waals surface area (Å²) < 4.78 is 0. The van der Waals surface area contributed by atoms with Crippen LogP contribution >= 0.6 is 0 Å². The van der Waals surface area contributed by atoms with E-state index in [1.807, 2.05) is 18.7 Å². The van der Waals surface area contributed by atoms with Crippen molar-refractivity contribution >= 4 is 5.91 Å². The third-order valence-corrected chi connectivity index (χ3v) is 4.32. The number of hydrogen-bond acceptors (Lipinski definition) is 2. The molecule has 0 bridgehead atoms. The van der Waals surface area contributed by atoms with E-state index in [9.17, 15) is 4.79 Å². The molecule has 0 atom stereocenters. The first-order valence-corrected chi connectivity index (χ1v) is 8.04. The van der Waals surface area contributed by atoms with Crippen molar-refractivity contribution in [2.75, 3.05) is 13.1 Å². The van der Waals surface area contributed by atoms with Crippen molar-refractivity contribution in [2.45, 2.75) is 51.5 Å². The van der Waals surface area contributed by atoms with Gasteiger partial charge >= 0.3 is 0 Å². The highest BCUT2D eigenvalue weighted by atomic mass is 16.2. The lowest BCUT2D eigenvalue weighted by atomic mass is 9.90. The van der Waals surface area contributed by atoms with Crippen molar-refractivity contribution in [3.05, 3.63) is 35.9 Å². The first-order chi connectivity index (χ1) is 9.94. The van der Waals surface area contributed by atoms with Crippen LogP contribution in [0.1, 0.15) is 45.1 Å². The van der Waals surface area contributed by atoms with E-state index in [0.29, 0.717) is 12.3 Å². The number of nitrogens with two attached hydrogens (primary N) is 1. The zero-order chi connectivity index (χ0) is 15.3. The molecule has 2 N–H and O–H groups in total. The minimum atomic E-state index is -0.249. The SMILES string of the molecule is CC(C)(N)CCC(=O)N1CCC(Cc2ccccc2)CC1. The van der Waals surface area contributed by atoms with Gasteiger partial charge in [0.25, 0.3) is 0 Å². The summed E-state index contributed by atoms with van der Waals surface area (Å²) in [6.07, 6.45) is 4.71. The molecule has 3 nitrogen and oxygen atoms in total. The van der Waals surface area contributed by atoms with E-state index >= 15 is 0 Å². The van der Waals surface area contributed by atoms with Crippen LogP contribution in [0.25, 0.3) is 0 Å². The van der Waals surface area contributed by atoms with E-state index in [4.69, 9.17) is 5.73 Å². The van der Waals surface area contributed by atoms with Crippen LogP contribution in [0.5, 0.6) is 0 Å². The number of amides is 1. The van der Waals surface area contributed by atoms with Gasteiger partial charge in [-0.2, -0.15) is 0 Å². The maximum absolute atomic E-state index is 12.2. The molecule has 1 aromatic carbocycles. The van der Waals surface area contributed by atoms with Gasteiger partial charge in [0.15, 0.2) is 0 Å². The van der Waals surface area contributed by atoms with Crippen molar-refractivity contribution < 1.29 is 4.79 Å². The van der Waals surface area contributed by atoms with Crippen LogP contribution in [0.2, 0.25) is 0 Å². The fourth-order valence-electron chi connectivity index (χ4n) is 2.92. The zero-order valence-corrected chi connectivity index (χ0v) is 13.3. The second kappa shape index (κ2) is 7.08. The molecule has 1 aliphatic rings. The molecule has 0 unspecified atom stereocenters. The van der Waals surface area contributed by atoms with Crippen LogP contribution in [0, 0.1) is 5.92 Å². The van der Waals surface area contributed by atoms with E-state index in [2.05, 4.69) is 30.3 Å². The van der Waals surface area contributed by atoms with Crippen LogP contribution < -0.4 is 5.73 Å². The normalized spacial score (nSPS) is 17.0. The molecule has 1 amide bonds. The molecule has 1 saturated heterocycles. The molecule has 1 fully saturated rings. The second-order valence-corrected chi connectivity index (χ2v) is 7.00. The van der Waals surface area contributed by atoms with Gasteiger partial charge < -0.3 is 10.6 Å². The van der Waals surface area contributed by atoms with Gasteiger partial charge in [-0.1, -0.05) is 30.3 Å². The first kappa shape index (κ1) is 16.0. The molecule has 3 heteroatoms. The Morgan fingerprint density at radius 3 is 2.43 bits per heavy atom. The molecular formula is C18H28N2O. The highest BCUT2D eigenvalue weighted by Crippen LogP contribution is 2.22. The topological polar surface area (TPSA) is 46.3 Å². The number of carbonyl (C=O) groups excluding carboxylic acids is 1. The Morgan fingerprint density at radius 2 is 1.86 bits per heavy atom. The smallest absolute Gasteiger partial charge is 0.222 e. The van der Waals surface area contributed by atoms with Gasteiger partial charge in [0.2, 0.25) is 5.91 Å². The summed E-state index contributed by atoms with van der Waals surface area (Å²) in [7, 11) is 0. The predicted octanol–water partition coefficient (Wildman–Crippen LogP) is 2.99. The maximum Gasteiger partial charge on any atom is 0.222 e. The maximum atomic E-state index is 12.2. The van der Waals surface area contributed by atoms with Crippen LogP contribution in [0.4, 0.5) is 0 Å². The average Bonchev–Trinajstić information content (AvgIpc) is 2.46. The standard InChI is InChI=1S/C18H28N2O/c1-18(2,19)11-8-17(21)20-12-9-16(10-13-20)14-15-6-4-3-5-7-15/h3-7,16H,8-14,19H2,1-2H3. The van der Waals surface area contributed by atoms with Gasteiger partial charge in [0.05, 0.1) is 0 Å². The van der Waals surface area contributed by atoms with E-state index in [0.717, 1.165) is 38.8 Å². The number of benzene rings is 1. The van der Waals surface area contributed by atoms with E-state index < -0.39 is 0 Å². The highest BCUT2D eigenvalue weighted by molar-refractivity contribution is 5.76. The minimum Gasteiger partial charge on any atom is -0.343 e. The zero-order valence-electron chi connectivity index (χ0n) is 13.3. The Balaban J connectivity index is 1.74. The second-order valence-electron chi connectivity index (χ2n) is 7.00. The molecule has 1 heterocycles. The van der Waals surface area contributed by atoms with Crippen LogP contribution in [-0.2, 0) is 11.2 Å². The van der Waals surface area contributed by atoms with E-state index in [1.165, 1.54) is 5.56 Å². The number of nitrogens with zero attached hydrogens (tertiary/aromatic N) is 1. The number of rotatable bonds is 5. The molecule has 0 radical (unpaired) electrons. The number of piperidine rings is 1. The first-order valence-electron chi connectivity index (χ1n) is 8.04. The Hall–Kier alpha value is -1.35. The fourth-order valence-corrected chi connectivity index (χ4v) is 2.92. The monoisotopic (exact) mass is 288 g/mol. The van der Waals surface area contributed by atoms with Gasteiger partial charge in [-0.25, -0.2) is 0 Å². The molecule has 0 aliphatic carbocycles. The van der Waals surface area contributed by atoms with Gasteiger partial charge in [-0.05, 0) is 51.0 Å².